The predicted octanol–water partition coefficient (Wildman–Crippen LogP) is -0.00930. The first-order chi connectivity index (χ1) is 10.5. The molecule has 5 heteroatoms. The van der Waals surface area contributed by atoms with Crippen molar-refractivity contribution in [1.29, 1.82) is 0 Å². The van der Waals surface area contributed by atoms with Crippen LogP contribution in [0.1, 0.15) is 40.0 Å². The van der Waals surface area contributed by atoms with Gasteiger partial charge in [0.05, 0.1) is 7.11 Å². The van der Waals surface area contributed by atoms with Gasteiger partial charge in [0.2, 0.25) is 6.54 Å². The summed E-state index contributed by atoms with van der Waals surface area (Å²) in [4.78, 5) is 12.2. The van der Waals surface area contributed by atoms with Crippen LogP contribution in [0.2, 0.25) is 0 Å². The van der Waals surface area contributed by atoms with E-state index in [0.29, 0.717) is 17.8 Å². The highest BCUT2D eigenvalue weighted by Gasteiger charge is 2.33. The molecule has 0 aromatic carbocycles. The number of pyridine rings is 1. The smallest absolute Gasteiger partial charge is 0.372 e. The van der Waals surface area contributed by atoms with Gasteiger partial charge in [-0.05, 0) is 30.6 Å². The van der Waals surface area contributed by atoms with E-state index in [9.17, 15) is 4.79 Å². The number of carbonyl (C=O) groups is 1. The highest BCUT2D eigenvalue weighted by Crippen LogP contribution is 2.35. The maximum absolute atomic E-state index is 12.2. The second-order valence-electron chi connectivity index (χ2n) is 6.76. The number of ether oxygens (including phenoxy) is 2. The molecule has 1 fully saturated rings. The number of aromatic nitrogens is 1. The molecule has 1 aromatic heterocycles. The topological polar surface area (TPSA) is 39.4 Å². The SMILES string of the molecule is COc1cc[n+](CC(=O)OC2CC(C)CCC2C(C)C)cc1.[Cl-]. The first-order valence-electron chi connectivity index (χ1n) is 8.22. The zero-order valence-corrected chi connectivity index (χ0v) is 15.3. The lowest BCUT2D eigenvalue weighted by molar-refractivity contribution is -0.686. The van der Waals surface area contributed by atoms with Crippen LogP contribution in [0.25, 0.3) is 0 Å². The summed E-state index contributed by atoms with van der Waals surface area (Å²) in [5.74, 6) is 2.31. The first-order valence-corrected chi connectivity index (χ1v) is 8.22. The van der Waals surface area contributed by atoms with E-state index in [-0.39, 0.29) is 31.0 Å². The minimum absolute atomic E-state index is 0. The van der Waals surface area contributed by atoms with E-state index in [1.165, 1.54) is 6.42 Å². The van der Waals surface area contributed by atoms with Gasteiger partial charge in [0.1, 0.15) is 11.9 Å². The standard InChI is InChI=1S/C18H28NO3.ClH/c1-13(2)16-6-5-14(3)11-17(16)22-18(20)12-19-9-7-15(21-4)8-10-19;/h7-10,13-14,16-17H,5-6,11-12H2,1-4H3;1H/q+1;/p-1. The summed E-state index contributed by atoms with van der Waals surface area (Å²) in [6.07, 6.45) is 7.13. The largest absolute Gasteiger partial charge is 1.00 e. The van der Waals surface area contributed by atoms with Gasteiger partial charge in [-0.3, -0.25) is 0 Å². The van der Waals surface area contributed by atoms with Gasteiger partial charge < -0.3 is 21.9 Å². The van der Waals surface area contributed by atoms with E-state index in [1.54, 1.807) is 7.11 Å². The van der Waals surface area contributed by atoms with Crippen molar-refractivity contribution in [3.8, 4) is 5.75 Å². The molecular formula is C18H28ClNO3. The Kier molecular flexibility index (Phi) is 7.83. The molecule has 130 valence electrons. The van der Waals surface area contributed by atoms with Crippen LogP contribution in [0.4, 0.5) is 0 Å². The molecule has 3 unspecified atom stereocenters. The van der Waals surface area contributed by atoms with Crippen molar-refractivity contribution < 1.29 is 31.2 Å². The van der Waals surface area contributed by atoms with Crippen LogP contribution in [-0.2, 0) is 16.1 Å². The molecule has 0 spiro atoms. The quantitative estimate of drug-likeness (QED) is 0.558. The summed E-state index contributed by atoms with van der Waals surface area (Å²) in [7, 11) is 1.63. The zero-order valence-electron chi connectivity index (χ0n) is 14.5. The molecule has 1 saturated carbocycles. The third-order valence-corrected chi connectivity index (χ3v) is 4.65. The van der Waals surface area contributed by atoms with Crippen LogP contribution in [0, 0.1) is 17.8 Å². The lowest BCUT2D eigenvalue weighted by Crippen LogP contribution is -3.00. The van der Waals surface area contributed by atoms with Gasteiger partial charge in [-0.2, -0.15) is 4.57 Å². The molecule has 1 aliphatic rings. The molecule has 0 amide bonds. The van der Waals surface area contributed by atoms with Gasteiger partial charge >= 0.3 is 5.97 Å². The molecule has 3 atom stereocenters. The Labute approximate surface area is 145 Å². The molecule has 2 rings (SSSR count). The normalized spacial score (nSPS) is 24.0. The maximum atomic E-state index is 12.2. The van der Waals surface area contributed by atoms with Gasteiger partial charge in [-0.1, -0.05) is 27.2 Å². The molecule has 0 bridgehead atoms. The Morgan fingerprint density at radius 2 is 1.96 bits per heavy atom. The lowest BCUT2D eigenvalue weighted by Gasteiger charge is -2.36. The van der Waals surface area contributed by atoms with E-state index in [0.717, 1.165) is 18.6 Å². The van der Waals surface area contributed by atoms with Crippen LogP contribution in [-0.4, -0.2) is 19.2 Å². The number of rotatable bonds is 5. The van der Waals surface area contributed by atoms with Gasteiger partial charge in [-0.25, -0.2) is 4.79 Å². The van der Waals surface area contributed by atoms with E-state index in [4.69, 9.17) is 9.47 Å². The van der Waals surface area contributed by atoms with Gasteiger partial charge in [0.25, 0.3) is 0 Å². The fourth-order valence-corrected chi connectivity index (χ4v) is 3.29. The van der Waals surface area contributed by atoms with Crippen LogP contribution < -0.4 is 21.7 Å². The molecule has 0 aliphatic heterocycles. The summed E-state index contributed by atoms with van der Waals surface area (Å²) in [6.45, 7) is 6.94. The van der Waals surface area contributed by atoms with Crippen LogP contribution in [0.3, 0.4) is 0 Å². The average molecular weight is 342 g/mol. The number of esters is 1. The second-order valence-corrected chi connectivity index (χ2v) is 6.76. The van der Waals surface area contributed by atoms with Crippen molar-refractivity contribution in [2.45, 2.75) is 52.7 Å². The Bertz CT molecular complexity index is 490. The minimum atomic E-state index is -0.153. The molecule has 1 aromatic rings. The van der Waals surface area contributed by atoms with E-state index >= 15 is 0 Å². The van der Waals surface area contributed by atoms with Gasteiger partial charge in [-0.15, -0.1) is 0 Å². The van der Waals surface area contributed by atoms with Crippen molar-refractivity contribution in [1.82, 2.24) is 0 Å². The van der Waals surface area contributed by atoms with Crippen molar-refractivity contribution in [2.24, 2.45) is 17.8 Å². The minimum Gasteiger partial charge on any atom is -1.00 e. The Balaban J connectivity index is 0.00000264. The summed E-state index contributed by atoms with van der Waals surface area (Å²) in [6, 6.07) is 3.68. The third kappa shape index (κ3) is 5.69. The van der Waals surface area contributed by atoms with Crippen molar-refractivity contribution in [2.75, 3.05) is 7.11 Å². The molecule has 0 radical (unpaired) electrons. The number of nitrogens with zero attached hydrogens (tertiary/aromatic N) is 1. The number of hydrogen-bond acceptors (Lipinski definition) is 3. The fourth-order valence-electron chi connectivity index (χ4n) is 3.29. The number of carbonyl (C=O) groups excluding carboxylic acids is 1. The Morgan fingerprint density at radius 1 is 1.30 bits per heavy atom. The number of hydrogen-bond donors (Lipinski definition) is 0. The van der Waals surface area contributed by atoms with Crippen molar-refractivity contribution >= 4 is 5.97 Å². The monoisotopic (exact) mass is 341 g/mol. The third-order valence-electron chi connectivity index (χ3n) is 4.65. The predicted molar refractivity (Wildman–Crippen MR) is 84.4 cm³/mol. The van der Waals surface area contributed by atoms with Gasteiger partial charge in [0, 0.05) is 12.1 Å². The number of halogens is 1. The molecule has 1 heterocycles. The second kappa shape index (κ2) is 9.11. The maximum Gasteiger partial charge on any atom is 0.372 e. The lowest BCUT2D eigenvalue weighted by atomic mass is 9.75. The van der Waals surface area contributed by atoms with Gasteiger partial charge in [0.15, 0.2) is 12.4 Å². The average Bonchev–Trinajstić information content (AvgIpc) is 2.47. The van der Waals surface area contributed by atoms with E-state index in [2.05, 4.69) is 20.8 Å². The van der Waals surface area contributed by atoms with Crippen LogP contribution in [0.15, 0.2) is 24.5 Å². The zero-order chi connectivity index (χ0) is 16.1. The Morgan fingerprint density at radius 3 is 2.52 bits per heavy atom. The van der Waals surface area contributed by atoms with Crippen LogP contribution in [0.5, 0.6) is 5.75 Å². The summed E-state index contributed by atoms with van der Waals surface area (Å²) in [5.41, 5.74) is 0. The molecule has 1 aliphatic carbocycles. The van der Waals surface area contributed by atoms with Crippen molar-refractivity contribution in [3.05, 3.63) is 24.5 Å². The highest BCUT2D eigenvalue weighted by atomic mass is 35.5. The summed E-state index contributed by atoms with van der Waals surface area (Å²) < 4.78 is 12.7. The van der Waals surface area contributed by atoms with Crippen molar-refractivity contribution in [3.63, 3.8) is 0 Å². The molecule has 0 saturated heterocycles. The summed E-state index contributed by atoms with van der Waals surface area (Å²) >= 11 is 0. The molecule has 4 nitrogen and oxygen atoms in total. The van der Waals surface area contributed by atoms with E-state index < -0.39 is 0 Å². The fraction of sp³-hybridized carbons (Fsp3) is 0.667. The first kappa shape index (κ1) is 19.8. The van der Waals surface area contributed by atoms with Crippen LogP contribution >= 0.6 is 0 Å². The molecule has 23 heavy (non-hydrogen) atoms. The summed E-state index contributed by atoms with van der Waals surface area (Å²) in [5, 5.41) is 0. The van der Waals surface area contributed by atoms with E-state index in [1.807, 2.05) is 29.1 Å². The molecule has 0 N–H and O–H groups in total. The number of methoxy groups -OCH3 is 1. The Hall–Kier alpha value is -1.29. The highest BCUT2D eigenvalue weighted by molar-refractivity contribution is 5.67. The molecular weight excluding hydrogens is 314 g/mol.